The van der Waals surface area contributed by atoms with Crippen LogP contribution in [0.4, 0.5) is 29.9 Å². The number of sulfonamides is 1. The van der Waals surface area contributed by atoms with Gasteiger partial charge in [0.25, 0.3) is 6.43 Å². The highest BCUT2D eigenvalue weighted by atomic mass is 32.2. The van der Waals surface area contributed by atoms with E-state index in [1.807, 2.05) is 0 Å². The Morgan fingerprint density at radius 3 is 2.67 bits per heavy atom. The highest BCUT2D eigenvalue weighted by Gasteiger charge is 2.39. The van der Waals surface area contributed by atoms with Crippen molar-refractivity contribution in [2.45, 2.75) is 74.5 Å². The molecule has 3 aromatic rings. The highest BCUT2D eigenvalue weighted by Crippen LogP contribution is 2.45. The van der Waals surface area contributed by atoms with Gasteiger partial charge in [-0.25, -0.2) is 26.3 Å². The van der Waals surface area contributed by atoms with Crippen LogP contribution in [-0.2, 0) is 34.7 Å². The van der Waals surface area contributed by atoms with E-state index in [1.54, 1.807) is 4.57 Å². The van der Waals surface area contributed by atoms with Crippen LogP contribution in [0.1, 0.15) is 60.7 Å². The second kappa shape index (κ2) is 9.89. The molecular weight excluding hydrogens is 557 g/mol. The van der Waals surface area contributed by atoms with E-state index >= 15 is 0 Å². The minimum Gasteiger partial charge on any atom is -0.316 e. The van der Waals surface area contributed by atoms with Gasteiger partial charge in [0.1, 0.15) is 33.9 Å². The van der Waals surface area contributed by atoms with Gasteiger partial charge in [-0.05, 0) is 50.5 Å². The Labute approximate surface area is 226 Å². The quantitative estimate of drug-likeness (QED) is 0.350. The van der Waals surface area contributed by atoms with Crippen LogP contribution in [0.2, 0.25) is 0 Å². The third-order valence-electron chi connectivity index (χ3n) is 7.37. The molecule has 210 valence electrons. The summed E-state index contributed by atoms with van der Waals surface area (Å²) in [6.07, 6.45) is 1.07. The molecule has 0 saturated heterocycles. The predicted molar refractivity (Wildman–Crippen MR) is 136 cm³/mol. The van der Waals surface area contributed by atoms with Gasteiger partial charge in [-0.1, -0.05) is 0 Å². The number of carbonyl (C=O) groups excluding carboxylic acids is 1. The van der Waals surface area contributed by atoms with E-state index in [-0.39, 0.29) is 46.3 Å². The van der Waals surface area contributed by atoms with Crippen molar-refractivity contribution in [3.8, 4) is 0 Å². The fraction of sp³-hybridized carbons (Fsp3) is 0.565. The molecule has 2 fully saturated rings. The van der Waals surface area contributed by atoms with E-state index in [0.29, 0.717) is 36.6 Å². The zero-order valence-corrected chi connectivity index (χ0v) is 22.5. The van der Waals surface area contributed by atoms with Crippen LogP contribution in [0.5, 0.6) is 0 Å². The zero-order chi connectivity index (χ0) is 27.5. The molecule has 0 spiro atoms. The van der Waals surface area contributed by atoms with E-state index in [4.69, 9.17) is 0 Å². The lowest BCUT2D eigenvalue weighted by Gasteiger charge is -2.30. The predicted octanol–water partition coefficient (Wildman–Crippen LogP) is 3.61. The number of nitrogens with zero attached hydrogens (tertiary/aromatic N) is 5. The fourth-order valence-electron chi connectivity index (χ4n) is 5.05. The molecule has 0 bridgehead atoms. The van der Waals surface area contributed by atoms with E-state index in [1.165, 1.54) is 35.5 Å². The molecule has 0 unspecified atom stereocenters. The molecule has 11 nitrogen and oxygen atoms in total. The molecule has 16 heteroatoms. The van der Waals surface area contributed by atoms with Gasteiger partial charge in [0.05, 0.1) is 0 Å². The van der Waals surface area contributed by atoms with Gasteiger partial charge in [-0.2, -0.15) is 5.10 Å². The number of aromatic nitrogens is 5. The van der Waals surface area contributed by atoms with Gasteiger partial charge in [-0.15, -0.1) is 21.5 Å². The molecule has 0 aliphatic heterocycles. The first-order valence-electron chi connectivity index (χ1n) is 12.7. The van der Waals surface area contributed by atoms with Gasteiger partial charge < -0.3 is 10.6 Å². The second-order valence-corrected chi connectivity index (χ2v) is 13.0. The first kappa shape index (κ1) is 26.3. The average Bonchev–Trinajstić information content (AvgIpc) is 3.34. The number of hydrogen-bond acceptors (Lipinski definition) is 8. The number of aryl methyl sites for hydroxylation is 2. The Hall–Kier alpha value is -2.98. The van der Waals surface area contributed by atoms with Crippen molar-refractivity contribution in [2.75, 3.05) is 10.6 Å². The summed E-state index contributed by atoms with van der Waals surface area (Å²) in [5.41, 5.74) is 0.228. The third-order valence-corrected chi connectivity index (χ3v) is 10.3. The van der Waals surface area contributed by atoms with Crippen molar-refractivity contribution in [3.63, 3.8) is 0 Å². The number of carbonyl (C=O) groups is 1. The second-order valence-electron chi connectivity index (χ2n) is 10.3. The Bertz CT molecular complexity index is 1510. The Kier molecular flexibility index (Phi) is 6.66. The van der Waals surface area contributed by atoms with Crippen LogP contribution in [0.25, 0.3) is 0 Å². The summed E-state index contributed by atoms with van der Waals surface area (Å²) in [4.78, 5) is 13.5. The van der Waals surface area contributed by atoms with Gasteiger partial charge >= 0.3 is 0 Å². The molecule has 0 aromatic carbocycles. The minimum absolute atomic E-state index is 0.0410. The Morgan fingerprint density at radius 2 is 2.00 bits per heavy atom. The lowest BCUT2D eigenvalue weighted by Crippen LogP contribution is -2.45. The standard InChI is InChI=1S/C23H27F3N8O3S2/c1-33-18(9-16(31-33)20(25)26)28-23-30-27-10-34(23)14-4-5-17-15(8-14)19(22(38-17)29-21(35)11-2-3-11)39(36,37)32-13-6-12(24)7-13/h9-14,20,32H,2-8H2,1H3,(H,28,30)(H,29,35)/t12-,13-,14-/m0/s1. The number of fused-ring (bicyclic) bond motifs is 1. The van der Waals surface area contributed by atoms with Crippen molar-refractivity contribution in [1.82, 2.24) is 29.3 Å². The summed E-state index contributed by atoms with van der Waals surface area (Å²) < 4.78 is 72.4. The fourth-order valence-corrected chi connectivity index (χ4v) is 8.29. The van der Waals surface area contributed by atoms with Crippen molar-refractivity contribution < 1.29 is 26.4 Å². The first-order valence-corrected chi connectivity index (χ1v) is 15.0. The van der Waals surface area contributed by atoms with Crippen LogP contribution in [0.15, 0.2) is 17.3 Å². The summed E-state index contributed by atoms with van der Waals surface area (Å²) in [6, 6.07) is 0.500. The SMILES string of the molecule is Cn1nc(C(F)F)cc1Nc1nncn1[C@H]1CCc2sc(NC(=O)C3CC3)c(S(=O)(=O)N[C@H]3C[C@H](F)C3)c2C1. The smallest absolute Gasteiger partial charge is 0.282 e. The Balaban J connectivity index is 1.30. The van der Waals surface area contributed by atoms with Crippen molar-refractivity contribution in [2.24, 2.45) is 13.0 Å². The molecule has 0 radical (unpaired) electrons. The lowest BCUT2D eigenvalue weighted by molar-refractivity contribution is -0.117. The molecular formula is C23H27F3N8O3S2. The first-order chi connectivity index (χ1) is 18.6. The van der Waals surface area contributed by atoms with Gasteiger partial charge in [0.2, 0.25) is 21.9 Å². The van der Waals surface area contributed by atoms with Crippen LogP contribution >= 0.6 is 11.3 Å². The number of halogens is 3. The Morgan fingerprint density at radius 1 is 1.23 bits per heavy atom. The molecule has 3 N–H and O–H groups in total. The molecule has 3 aliphatic rings. The normalized spacial score (nSPS) is 22.9. The summed E-state index contributed by atoms with van der Waals surface area (Å²) in [7, 11) is -2.52. The van der Waals surface area contributed by atoms with Crippen molar-refractivity contribution >= 4 is 44.0 Å². The number of nitrogens with one attached hydrogen (secondary N) is 3. The zero-order valence-electron chi connectivity index (χ0n) is 20.9. The van der Waals surface area contributed by atoms with Crippen LogP contribution < -0.4 is 15.4 Å². The summed E-state index contributed by atoms with van der Waals surface area (Å²) in [5, 5.41) is 18.0. The lowest BCUT2D eigenvalue weighted by atomic mass is 9.92. The molecule has 6 rings (SSSR count). The summed E-state index contributed by atoms with van der Waals surface area (Å²) >= 11 is 1.27. The van der Waals surface area contributed by atoms with E-state index in [0.717, 1.165) is 17.7 Å². The number of amides is 1. The maximum atomic E-state index is 13.6. The topological polar surface area (TPSA) is 136 Å². The summed E-state index contributed by atoms with van der Waals surface area (Å²) in [6.45, 7) is 0. The highest BCUT2D eigenvalue weighted by molar-refractivity contribution is 7.90. The van der Waals surface area contributed by atoms with Gasteiger partial charge in [-0.3, -0.25) is 14.0 Å². The maximum Gasteiger partial charge on any atom is 0.282 e. The number of rotatable bonds is 9. The maximum absolute atomic E-state index is 13.6. The number of thiophene rings is 1. The molecule has 39 heavy (non-hydrogen) atoms. The average molecular weight is 585 g/mol. The summed E-state index contributed by atoms with van der Waals surface area (Å²) in [5.74, 6) is 0.299. The van der Waals surface area contributed by atoms with Gasteiger partial charge in [0, 0.05) is 36.0 Å². The van der Waals surface area contributed by atoms with Crippen molar-refractivity contribution in [3.05, 3.63) is 28.5 Å². The third kappa shape index (κ3) is 5.16. The molecule has 1 amide bonds. The van der Waals surface area contributed by atoms with Crippen LogP contribution in [0.3, 0.4) is 0 Å². The molecule has 3 aliphatic carbocycles. The number of hydrogen-bond donors (Lipinski definition) is 3. The molecule has 2 saturated carbocycles. The molecule has 1 atom stereocenters. The number of anilines is 3. The molecule has 3 aromatic heterocycles. The van der Waals surface area contributed by atoms with E-state index in [2.05, 4.69) is 30.7 Å². The monoisotopic (exact) mass is 584 g/mol. The van der Waals surface area contributed by atoms with Crippen LogP contribution in [0, 0.1) is 5.92 Å². The number of alkyl halides is 3. The molecule has 3 heterocycles. The van der Waals surface area contributed by atoms with E-state index < -0.39 is 28.7 Å². The largest absolute Gasteiger partial charge is 0.316 e. The minimum atomic E-state index is -4.05. The van der Waals surface area contributed by atoms with Crippen molar-refractivity contribution in [1.29, 1.82) is 0 Å². The van der Waals surface area contributed by atoms with E-state index in [9.17, 15) is 26.4 Å². The van der Waals surface area contributed by atoms with Gasteiger partial charge in [0.15, 0.2) is 0 Å². The van der Waals surface area contributed by atoms with Crippen LogP contribution in [-0.4, -0.2) is 51.1 Å².